The number of hydrogen-bond donors (Lipinski definition) is 1. The van der Waals surface area contributed by atoms with Crippen molar-refractivity contribution in [3.8, 4) is 0 Å². The number of benzene rings is 1. The zero-order valence-electron chi connectivity index (χ0n) is 12.6. The van der Waals surface area contributed by atoms with Crippen LogP contribution in [0, 0.1) is 0 Å². The van der Waals surface area contributed by atoms with Gasteiger partial charge in [-0.15, -0.1) is 0 Å². The molecule has 2 aromatic rings. The second-order valence-electron chi connectivity index (χ2n) is 5.68. The van der Waals surface area contributed by atoms with Gasteiger partial charge in [0.2, 0.25) is 0 Å². The van der Waals surface area contributed by atoms with Gasteiger partial charge < -0.3 is 10.2 Å². The number of aromatic nitrogens is 1. The van der Waals surface area contributed by atoms with Crippen LogP contribution in [-0.4, -0.2) is 18.1 Å². The van der Waals surface area contributed by atoms with E-state index in [1.807, 2.05) is 18.3 Å². The Morgan fingerprint density at radius 2 is 1.86 bits per heavy atom. The van der Waals surface area contributed by atoms with Crippen LogP contribution >= 0.6 is 0 Å². The van der Waals surface area contributed by atoms with Crippen molar-refractivity contribution in [1.82, 2.24) is 10.3 Å². The van der Waals surface area contributed by atoms with Crippen LogP contribution in [0.15, 0.2) is 48.7 Å². The molecule has 1 aromatic heterocycles. The van der Waals surface area contributed by atoms with E-state index in [0.29, 0.717) is 0 Å². The van der Waals surface area contributed by atoms with Crippen molar-refractivity contribution < 1.29 is 0 Å². The molecular formula is C18H23N3. The number of hydrogen-bond acceptors (Lipinski definition) is 3. The first kappa shape index (κ1) is 14.1. The molecular weight excluding hydrogens is 258 g/mol. The largest absolute Gasteiger partial charge is 0.371 e. The van der Waals surface area contributed by atoms with Crippen LogP contribution in [0.25, 0.3) is 0 Å². The maximum atomic E-state index is 4.42. The van der Waals surface area contributed by atoms with E-state index < -0.39 is 0 Å². The summed E-state index contributed by atoms with van der Waals surface area (Å²) < 4.78 is 0. The van der Waals surface area contributed by atoms with Gasteiger partial charge in [0.05, 0.1) is 5.69 Å². The molecule has 1 atom stereocenters. The normalized spacial score (nSPS) is 16.1. The number of pyridine rings is 1. The Balaban J connectivity index is 1.68. The smallest absolute Gasteiger partial charge is 0.0570 e. The van der Waals surface area contributed by atoms with Crippen molar-refractivity contribution in [3.05, 3.63) is 59.9 Å². The van der Waals surface area contributed by atoms with Crippen molar-refractivity contribution in [2.24, 2.45) is 0 Å². The van der Waals surface area contributed by atoms with Gasteiger partial charge in [-0.05, 0) is 43.5 Å². The summed E-state index contributed by atoms with van der Waals surface area (Å²) in [7, 11) is 0. The molecule has 3 rings (SSSR count). The second-order valence-corrected chi connectivity index (χ2v) is 5.68. The Hall–Kier alpha value is -1.87. The van der Waals surface area contributed by atoms with E-state index in [1.54, 1.807) is 0 Å². The van der Waals surface area contributed by atoms with Gasteiger partial charge in [-0.3, -0.25) is 4.98 Å². The summed E-state index contributed by atoms with van der Waals surface area (Å²) in [5, 5.41) is 3.59. The van der Waals surface area contributed by atoms with E-state index in [2.05, 4.69) is 52.5 Å². The quantitative estimate of drug-likeness (QED) is 0.908. The lowest BCUT2D eigenvalue weighted by molar-refractivity contribution is 0.561. The van der Waals surface area contributed by atoms with Crippen molar-refractivity contribution in [3.63, 3.8) is 0 Å². The monoisotopic (exact) mass is 281 g/mol. The van der Waals surface area contributed by atoms with Gasteiger partial charge in [0.25, 0.3) is 0 Å². The fraction of sp³-hybridized carbons (Fsp3) is 0.389. The van der Waals surface area contributed by atoms with E-state index in [4.69, 9.17) is 0 Å². The lowest BCUT2D eigenvalue weighted by atomic mass is 10.1. The first-order valence-electron chi connectivity index (χ1n) is 7.82. The average Bonchev–Trinajstić information content (AvgIpc) is 3.08. The van der Waals surface area contributed by atoms with Crippen molar-refractivity contribution in [2.45, 2.75) is 32.4 Å². The van der Waals surface area contributed by atoms with E-state index in [9.17, 15) is 0 Å². The fourth-order valence-electron chi connectivity index (χ4n) is 2.93. The van der Waals surface area contributed by atoms with Gasteiger partial charge in [0.1, 0.15) is 0 Å². The zero-order valence-corrected chi connectivity index (χ0v) is 12.6. The summed E-state index contributed by atoms with van der Waals surface area (Å²) in [5.74, 6) is 0. The van der Waals surface area contributed by atoms with E-state index >= 15 is 0 Å². The number of para-hydroxylation sites is 1. The summed E-state index contributed by atoms with van der Waals surface area (Å²) in [6, 6.07) is 15.1. The molecule has 1 N–H and O–H groups in total. The van der Waals surface area contributed by atoms with E-state index in [1.165, 1.54) is 37.2 Å². The molecule has 1 fully saturated rings. The SMILES string of the molecule is CC(NCc1ccccc1N1CCCC1)c1ccccn1. The second kappa shape index (κ2) is 6.72. The fourth-order valence-corrected chi connectivity index (χ4v) is 2.93. The first-order chi connectivity index (χ1) is 10.3. The zero-order chi connectivity index (χ0) is 14.5. The Morgan fingerprint density at radius 1 is 1.10 bits per heavy atom. The molecule has 1 aliphatic rings. The van der Waals surface area contributed by atoms with E-state index in [-0.39, 0.29) is 6.04 Å². The molecule has 21 heavy (non-hydrogen) atoms. The maximum Gasteiger partial charge on any atom is 0.0570 e. The molecule has 1 aliphatic heterocycles. The Kier molecular flexibility index (Phi) is 4.51. The molecule has 0 amide bonds. The number of nitrogens with one attached hydrogen (secondary N) is 1. The Labute approximate surface area is 127 Å². The minimum Gasteiger partial charge on any atom is -0.371 e. The predicted molar refractivity (Wildman–Crippen MR) is 87.4 cm³/mol. The van der Waals surface area contributed by atoms with Crippen LogP contribution in [-0.2, 0) is 6.54 Å². The highest BCUT2D eigenvalue weighted by atomic mass is 15.1. The summed E-state index contributed by atoms with van der Waals surface area (Å²) >= 11 is 0. The van der Waals surface area contributed by atoms with Gasteiger partial charge in [0.15, 0.2) is 0 Å². The van der Waals surface area contributed by atoms with Crippen molar-refractivity contribution in [1.29, 1.82) is 0 Å². The summed E-state index contributed by atoms with van der Waals surface area (Å²) in [4.78, 5) is 6.92. The minimum absolute atomic E-state index is 0.262. The van der Waals surface area contributed by atoms with Crippen LogP contribution in [0.2, 0.25) is 0 Å². The third-order valence-electron chi connectivity index (χ3n) is 4.17. The van der Waals surface area contributed by atoms with E-state index in [0.717, 1.165) is 12.2 Å². The van der Waals surface area contributed by atoms with Gasteiger partial charge in [0, 0.05) is 37.6 Å². The first-order valence-corrected chi connectivity index (χ1v) is 7.82. The molecule has 0 aliphatic carbocycles. The van der Waals surface area contributed by atoms with Gasteiger partial charge in [-0.1, -0.05) is 24.3 Å². The molecule has 110 valence electrons. The topological polar surface area (TPSA) is 28.2 Å². The molecule has 2 heterocycles. The Bertz CT molecular complexity index is 562. The minimum atomic E-state index is 0.262. The van der Waals surface area contributed by atoms with Gasteiger partial charge in [-0.2, -0.15) is 0 Å². The Morgan fingerprint density at radius 3 is 2.62 bits per heavy atom. The summed E-state index contributed by atoms with van der Waals surface area (Å²) in [5.41, 5.74) is 3.86. The number of rotatable bonds is 5. The van der Waals surface area contributed by atoms with Gasteiger partial charge >= 0.3 is 0 Å². The lowest BCUT2D eigenvalue weighted by Gasteiger charge is -2.22. The third-order valence-corrected chi connectivity index (χ3v) is 4.17. The van der Waals surface area contributed by atoms with Crippen LogP contribution in [0.4, 0.5) is 5.69 Å². The van der Waals surface area contributed by atoms with Crippen LogP contribution in [0.1, 0.15) is 37.1 Å². The molecule has 1 aromatic carbocycles. The molecule has 0 bridgehead atoms. The standard InChI is InChI=1S/C18H23N3/c1-15(17-9-4-5-11-19-17)20-14-16-8-2-3-10-18(16)21-12-6-7-13-21/h2-5,8-11,15,20H,6-7,12-14H2,1H3. The molecule has 3 heteroatoms. The van der Waals surface area contributed by atoms with Crippen molar-refractivity contribution in [2.75, 3.05) is 18.0 Å². The molecule has 0 radical (unpaired) electrons. The van der Waals surface area contributed by atoms with Crippen LogP contribution < -0.4 is 10.2 Å². The molecule has 1 unspecified atom stereocenters. The maximum absolute atomic E-state index is 4.42. The van der Waals surface area contributed by atoms with Crippen LogP contribution in [0.5, 0.6) is 0 Å². The average molecular weight is 281 g/mol. The number of nitrogens with zero attached hydrogens (tertiary/aromatic N) is 2. The summed E-state index contributed by atoms with van der Waals surface area (Å²) in [6.45, 7) is 5.42. The molecule has 1 saturated heterocycles. The third kappa shape index (κ3) is 3.42. The molecule has 3 nitrogen and oxygen atoms in total. The number of anilines is 1. The highest BCUT2D eigenvalue weighted by Crippen LogP contribution is 2.24. The van der Waals surface area contributed by atoms with Crippen molar-refractivity contribution >= 4 is 5.69 Å². The summed E-state index contributed by atoms with van der Waals surface area (Å²) in [6.07, 6.45) is 4.48. The highest BCUT2D eigenvalue weighted by molar-refractivity contribution is 5.54. The molecule has 0 spiro atoms. The molecule has 0 saturated carbocycles. The highest BCUT2D eigenvalue weighted by Gasteiger charge is 2.15. The lowest BCUT2D eigenvalue weighted by Crippen LogP contribution is -2.23. The van der Waals surface area contributed by atoms with Crippen LogP contribution in [0.3, 0.4) is 0 Å². The predicted octanol–water partition coefficient (Wildman–Crippen LogP) is 3.53. The van der Waals surface area contributed by atoms with Gasteiger partial charge in [-0.25, -0.2) is 0 Å².